The fourth-order valence-corrected chi connectivity index (χ4v) is 2.35. The molecule has 2 aromatic carbocycles. The maximum absolute atomic E-state index is 12.0. The summed E-state index contributed by atoms with van der Waals surface area (Å²) >= 11 is 6.03. The van der Waals surface area contributed by atoms with E-state index in [1.807, 2.05) is 25.1 Å². The molecular formula is C17H18ClNO2. The second-order valence-electron chi connectivity index (χ2n) is 4.89. The fourth-order valence-electron chi connectivity index (χ4n) is 2.09. The number of benzene rings is 2. The number of methoxy groups -OCH3 is 1. The van der Waals surface area contributed by atoms with E-state index in [1.54, 1.807) is 25.3 Å². The van der Waals surface area contributed by atoms with Crippen LogP contribution in [-0.4, -0.2) is 13.0 Å². The first-order chi connectivity index (χ1) is 10.1. The van der Waals surface area contributed by atoms with E-state index in [-0.39, 0.29) is 5.91 Å². The molecule has 0 fully saturated rings. The van der Waals surface area contributed by atoms with Crippen LogP contribution in [-0.2, 0) is 11.2 Å². The van der Waals surface area contributed by atoms with Crippen LogP contribution in [0, 0.1) is 6.92 Å². The van der Waals surface area contributed by atoms with Crippen LogP contribution < -0.4 is 10.1 Å². The Morgan fingerprint density at radius 3 is 2.71 bits per heavy atom. The molecule has 0 bridgehead atoms. The van der Waals surface area contributed by atoms with E-state index in [1.165, 1.54) is 5.56 Å². The van der Waals surface area contributed by atoms with Gasteiger partial charge in [0, 0.05) is 12.1 Å². The van der Waals surface area contributed by atoms with Crippen LogP contribution in [0.25, 0.3) is 0 Å². The van der Waals surface area contributed by atoms with Crippen LogP contribution in [0.2, 0.25) is 5.02 Å². The Kier molecular flexibility index (Phi) is 5.23. The van der Waals surface area contributed by atoms with Gasteiger partial charge >= 0.3 is 0 Å². The van der Waals surface area contributed by atoms with Crippen molar-refractivity contribution in [3.8, 4) is 5.75 Å². The third-order valence-electron chi connectivity index (χ3n) is 3.16. The first-order valence-electron chi connectivity index (χ1n) is 6.77. The Hall–Kier alpha value is -2.00. The molecule has 0 unspecified atom stereocenters. The summed E-state index contributed by atoms with van der Waals surface area (Å²) in [4.78, 5) is 12.0. The lowest BCUT2D eigenvalue weighted by Crippen LogP contribution is -2.12. The number of rotatable bonds is 5. The van der Waals surface area contributed by atoms with E-state index in [2.05, 4.69) is 11.4 Å². The van der Waals surface area contributed by atoms with Crippen molar-refractivity contribution < 1.29 is 9.53 Å². The summed E-state index contributed by atoms with van der Waals surface area (Å²) in [5, 5.41) is 3.32. The van der Waals surface area contributed by atoms with E-state index in [9.17, 15) is 4.79 Å². The lowest BCUT2D eigenvalue weighted by atomic mass is 10.1. The maximum atomic E-state index is 12.0. The lowest BCUT2D eigenvalue weighted by Gasteiger charge is -2.08. The van der Waals surface area contributed by atoms with Gasteiger partial charge in [0.05, 0.1) is 12.1 Å². The molecule has 2 rings (SSSR count). The molecule has 0 aromatic heterocycles. The van der Waals surface area contributed by atoms with Crippen LogP contribution in [0.15, 0.2) is 42.5 Å². The molecule has 3 nitrogen and oxygen atoms in total. The fraction of sp³-hybridized carbons (Fsp3) is 0.235. The smallest absolute Gasteiger partial charge is 0.224 e. The number of carbonyl (C=O) groups is 1. The van der Waals surface area contributed by atoms with Crippen molar-refractivity contribution in [2.75, 3.05) is 12.4 Å². The van der Waals surface area contributed by atoms with Gasteiger partial charge < -0.3 is 10.1 Å². The maximum Gasteiger partial charge on any atom is 0.224 e. The van der Waals surface area contributed by atoms with Gasteiger partial charge in [-0.2, -0.15) is 0 Å². The van der Waals surface area contributed by atoms with Gasteiger partial charge in [-0.05, 0) is 37.1 Å². The van der Waals surface area contributed by atoms with E-state index in [0.29, 0.717) is 22.9 Å². The summed E-state index contributed by atoms with van der Waals surface area (Å²) in [6.45, 7) is 2.04. The summed E-state index contributed by atoms with van der Waals surface area (Å²) in [5.74, 6) is 0.562. The number of aryl methyl sites for hydroxylation is 2. The van der Waals surface area contributed by atoms with Gasteiger partial charge in [-0.15, -0.1) is 0 Å². The summed E-state index contributed by atoms with van der Waals surface area (Å²) in [6, 6.07) is 13.4. The molecule has 2 aromatic rings. The standard InChI is InChI=1S/C17H18ClNO2/c1-12-4-3-5-13(10-12)6-9-17(20)19-14-7-8-16(21-2)15(18)11-14/h3-5,7-8,10-11H,6,9H2,1-2H3,(H,19,20). The van der Waals surface area contributed by atoms with Crippen LogP contribution >= 0.6 is 11.6 Å². The van der Waals surface area contributed by atoms with E-state index < -0.39 is 0 Å². The molecule has 4 heteroatoms. The van der Waals surface area contributed by atoms with Crippen LogP contribution in [0.3, 0.4) is 0 Å². The number of nitrogens with one attached hydrogen (secondary N) is 1. The minimum Gasteiger partial charge on any atom is -0.495 e. The van der Waals surface area contributed by atoms with Crippen LogP contribution in [0.4, 0.5) is 5.69 Å². The SMILES string of the molecule is COc1ccc(NC(=O)CCc2cccc(C)c2)cc1Cl. The molecule has 0 aliphatic carbocycles. The molecule has 0 saturated carbocycles. The molecule has 0 heterocycles. The molecule has 110 valence electrons. The van der Waals surface area contributed by atoms with Gasteiger partial charge in [-0.3, -0.25) is 4.79 Å². The topological polar surface area (TPSA) is 38.3 Å². The zero-order chi connectivity index (χ0) is 15.2. The predicted octanol–water partition coefficient (Wildman–Crippen LogP) is 4.23. The van der Waals surface area contributed by atoms with Gasteiger partial charge in [-0.1, -0.05) is 41.4 Å². The second-order valence-corrected chi connectivity index (χ2v) is 5.29. The highest BCUT2D eigenvalue weighted by Gasteiger charge is 2.06. The highest BCUT2D eigenvalue weighted by molar-refractivity contribution is 6.32. The molecule has 1 N–H and O–H groups in total. The first-order valence-corrected chi connectivity index (χ1v) is 7.15. The zero-order valence-corrected chi connectivity index (χ0v) is 12.9. The van der Waals surface area contributed by atoms with Crippen molar-refractivity contribution in [2.45, 2.75) is 19.8 Å². The van der Waals surface area contributed by atoms with Crippen molar-refractivity contribution in [1.29, 1.82) is 0 Å². The first kappa shape index (κ1) is 15.4. The largest absolute Gasteiger partial charge is 0.495 e. The average Bonchev–Trinajstić information content (AvgIpc) is 2.45. The summed E-state index contributed by atoms with van der Waals surface area (Å²) in [7, 11) is 1.56. The summed E-state index contributed by atoms with van der Waals surface area (Å²) in [6.07, 6.45) is 1.16. The molecule has 0 atom stereocenters. The van der Waals surface area contributed by atoms with Gasteiger partial charge in [0.1, 0.15) is 5.75 Å². The van der Waals surface area contributed by atoms with Gasteiger partial charge in [0.2, 0.25) is 5.91 Å². The van der Waals surface area contributed by atoms with Crippen LogP contribution in [0.1, 0.15) is 17.5 Å². The monoisotopic (exact) mass is 303 g/mol. The second kappa shape index (κ2) is 7.14. The van der Waals surface area contributed by atoms with Crippen molar-refractivity contribution >= 4 is 23.2 Å². The van der Waals surface area contributed by atoms with Gasteiger partial charge in [0.25, 0.3) is 0 Å². The Morgan fingerprint density at radius 2 is 2.05 bits per heavy atom. The van der Waals surface area contributed by atoms with Crippen LogP contribution in [0.5, 0.6) is 5.75 Å². The summed E-state index contributed by atoms with van der Waals surface area (Å²) < 4.78 is 5.08. The molecule has 0 aliphatic rings. The minimum absolute atomic E-state index is 0.0299. The molecule has 0 spiro atoms. The van der Waals surface area contributed by atoms with E-state index in [4.69, 9.17) is 16.3 Å². The number of hydrogen-bond acceptors (Lipinski definition) is 2. The number of ether oxygens (including phenoxy) is 1. The molecule has 0 saturated heterocycles. The van der Waals surface area contributed by atoms with Gasteiger partial charge in [-0.25, -0.2) is 0 Å². The normalized spacial score (nSPS) is 10.2. The number of halogens is 1. The highest BCUT2D eigenvalue weighted by Crippen LogP contribution is 2.27. The number of anilines is 1. The van der Waals surface area contributed by atoms with E-state index in [0.717, 1.165) is 12.0 Å². The predicted molar refractivity (Wildman–Crippen MR) is 86.1 cm³/mol. The Labute approximate surface area is 129 Å². The number of hydrogen-bond donors (Lipinski definition) is 1. The zero-order valence-electron chi connectivity index (χ0n) is 12.2. The summed E-state index contributed by atoms with van der Waals surface area (Å²) in [5.41, 5.74) is 3.04. The molecule has 1 amide bonds. The quantitative estimate of drug-likeness (QED) is 0.897. The third kappa shape index (κ3) is 4.50. The molecular weight excluding hydrogens is 286 g/mol. The minimum atomic E-state index is -0.0299. The molecule has 0 radical (unpaired) electrons. The highest BCUT2D eigenvalue weighted by atomic mass is 35.5. The molecule has 21 heavy (non-hydrogen) atoms. The lowest BCUT2D eigenvalue weighted by molar-refractivity contribution is -0.116. The van der Waals surface area contributed by atoms with Crippen molar-refractivity contribution in [3.05, 3.63) is 58.6 Å². The van der Waals surface area contributed by atoms with Crippen molar-refractivity contribution in [1.82, 2.24) is 0 Å². The number of amides is 1. The van der Waals surface area contributed by atoms with Gasteiger partial charge in [0.15, 0.2) is 0 Å². The Bertz CT molecular complexity index is 640. The van der Waals surface area contributed by atoms with Crippen molar-refractivity contribution in [3.63, 3.8) is 0 Å². The van der Waals surface area contributed by atoms with Crippen molar-refractivity contribution in [2.24, 2.45) is 0 Å². The Morgan fingerprint density at radius 1 is 1.24 bits per heavy atom. The number of carbonyl (C=O) groups excluding carboxylic acids is 1. The van der Waals surface area contributed by atoms with E-state index >= 15 is 0 Å². The Balaban J connectivity index is 1.91. The third-order valence-corrected chi connectivity index (χ3v) is 3.45. The average molecular weight is 304 g/mol. The molecule has 0 aliphatic heterocycles.